The van der Waals surface area contributed by atoms with Gasteiger partial charge < -0.3 is 20.3 Å². The average molecular weight is 523 g/mol. The Kier molecular flexibility index (Phi) is 9.17. The van der Waals surface area contributed by atoms with Crippen LogP contribution in [0.25, 0.3) is 0 Å². The number of benzene rings is 2. The van der Waals surface area contributed by atoms with Crippen molar-refractivity contribution >= 4 is 35.6 Å². The van der Waals surface area contributed by atoms with Gasteiger partial charge in [-0.05, 0) is 37.1 Å². The molecule has 1 saturated heterocycles. The molecule has 1 aliphatic rings. The number of guanidine groups is 1. The molecule has 0 amide bonds. The lowest BCUT2D eigenvalue weighted by molar-refractivity contribution is 0.414. The highest BCUT2D eigenvalue weighted by Crippen LogP contribution is 2.24. The predicted molar refractivity (Wildman–Crippen MR) is 128 cm³/mol. The van der Waals surface area contributed by atoms with Crippen LogP contribution in [-0.2, 0) is 6.54 Å². The summed E-state index contributed by atoms with van der Waals surface area (Å²) >= 11 is 0. The van der Waals surface area contributed by atoms with Crippen molar-refractivity contribution in [3.05, 3.63) is 59.4 Å². The molecule has 2 aromatic carbocycles. The molecule has 1 unspecified atom stereocenters. The van der Waals surface area contributed by atoms with Crippen molar-refractivity contribution in [1.29, 1.82) is 5.26 Å². The average Bonchev–Trinajstić information content (AvgIpc) is 2.77. The molecule has 0 bridgehead atoms. The van der Waals surface area contributed by atoms with E-state index in [0.717, 1.165) is 37.4 Å². The monoisotopic (exact) mass is 523 g/mol. The molecular formula is C22H27FIN5O. The summed E-state index contributed by atoms with van der Waals surface area (Å²) in [6.07, 6.45) is 2.10. The lowest BCUT2D eigenvalue weighted by Crippen LogP contribution is -2.51. The first kappa shape index (κ1) is 23.7. The lowest BCUT2D eigenvalue weighted by atomic mass is 10.0. The predicted octanol–water partition coefficient (Wildman–Crippen LogP) is 3.66. The highest BCUT2D eigenvalue weighted by atomic mass is 127. The third kappa shape index (κ3) is 6.23. The Morgan fingerprint density at radius 2 is 2.17 bits per heavy atom. The molecule has 1 heterocycles. The van der Waals surface area contributed by atoms with Crippen molar-refractivity contribution in [3.8, 4) is 11.8 Å². The minimum atomic E-state index is -0.395. The van der Waals surface area contributed by atoms with Gasteiger partial charge in [0.1, 0.15) is 11.6 Å². The van der Waals surface area contributed by atoms with E-state index in [2.05, 4.69) is 26.6 Å². The fraction of sp³-hybridized carbons (Fsp3) is 0.364. The molecule has 1 fully saturated rings. The standard InChI is InChI=1S/C22H26FN5O.HI/c1-25-22(26-14-17-9-8-16(13-24)11-21(17)23)27-18-5-4-10-28(15-18)19-6-3-7-20(12-19)29-2;/h3,6-9,11-12,18H,4-5,10,14-15H2,1-2H3,(H2,25,26,27);1H. The Morgan fingerprint density at radius 1 is 1.33 bits per heavy atom. The maximum absolute atomic E-state index is 14.1. The van der Waals surface area contributed by atoms with E-state index in [-0.39, 0.29) is 30.0 Å². The molecule has 2 aromatic rings. The van der Waals surface area contributed by atoms with Gasteiger partial charge in [0.2, 0.25) is 0 Å². The molecule has 6 nitrogen and oxygen atoms in total. The van der Waals surface area contributed by atoms with Gasteiger partial charge in [-0.2, -0.15) is 5.26 Å². The number of methoxy groups -OCH3 is 1. The Morgan fingerprint density at radius 3 is 2.87 bits per heavy atom. The molecule has 0 radical (unpaired) electrons. The summed E-state index contributed by atoms with van der Waals surface area (Å²) in [4.78, 5) is 6.60. The van der Waals surface area contributed by atoms with Gasteiger partial charge in [-0.15, -0.1) is 24.0 Å². The number of aliphatic imine (C=N–C) groups is 1. The van der Waals surface area contributed by atoms with E-state index in [1.54, 1.807) is 26.3 Å². The van der Waals surface area contributed by atoms with Crippen molar-refractivity contribution in [2.24, 2.45) is 4.99 Å². The van der Waals surface area contributed by atoms with Crippen molar-refractivity contribution in [1.82, 2.24) is 10.6 Å². The van der Waals surface area contributed by atoms with Gasteiger partial charge >= 0.3 is 0 Å². The van der Waals surface area contributed by atoms with E-state index in [4.69, 9.17) is 10.00 Å². The number of hydrogen-bond donors (Lipinski definition) is 2. The van der Waals surface area contributed by atoms with Crippen LogP contribution in [0.15, 0.2) is 47.5 Å². The second-order valence-corrected chi connectivity index (χ2v) is 6.97. The SMILES string of the molecule is CN=C(NCc1ccc(C#N)cc1F)NC1CCCN(c2cccc(OC)c2)C1.I. The van der Waals surface area contributed by atoms with Crippen LogP contribution in [0.1, 0.15) is 24.0 Å². The molecule has 0 aliphatic carbocycles. The topological polar surface area (TPSA) is 72.7 Å². The molecule has 30 heavy (non-hydrogen) atoms. The number of piperidine rings is 1. The van der Waals surface area contributed by atoms with Crippen LogP contribution in [0, 0.1) is 17.1 Å². The molecule has 0 aromatic heterocycles. The third-order valence-electron chi connectivity index (χ3n) is 5.03. The van der Waals surface area contributed by atoms with Crippen molar-refractivity contribution < 1.29 is 9.13 Å². The number of ether oxygens (including phenoxy) is 1. The van der Waals surface area contributed by atoms with Gasteiger partial charge in [0.25, 0.3) is 0 Å². The van der Waals surface area contributed by atoms with E-state index < -0.39 is 5.82 Å². The molecule has 8 heteroatoms. The number of anilines is 1. The van der Waals surface area contributed by atoms with Crippen LogP contribution < -0.4 is 20.3 Å². The van der Waals surface area contributed by atoms with Crippen molar-refractivity contribution in [2.45, 2.75) is 25.4 Å². The summed E-state index contributed by atoms with van der Waals surface area (Å²) in [5, 5.41) is 15.5. The van der Waals surface area contributed by atoms with Crippen LogP contribution in [0.2, 0.25) is 0 Å². The van der Waals surface area contributed by atoms with Crippen molar-refractivity contribution in [2.75, 3.05) is 32.1 Å². The van der Waals surface area contributed by atoms with Gasteiger partial charge in [-0.1, -0.05) is 12.1 Å². The molecule has 2 N–H and O–H groups in total. The lowest BCUT2D eigenvalue weighted by Gasteiger charge is -2.35. The molecule has 3 rings (SSSR count). The van der Waals surface area contributed by atoms with Crippen LogP contribution in [0.5, 0.6) is 5.75 Å². The van der Waals surface area contributed by atoms with E-state index in [1.165, 1.54) is 6.07 Å². The summed E-state index contributed by atoms with van der Waals surface area (Å²) in [6.45, 7) is 2.14. The number of hydrogen-bond acceptors (Lipinski definition) is 4. The second-order valence-electron chi connectivity index (χ2n) is 6.97. The maximum atomic E-state index is 14.1. The third-order valence-corrected chi connectivity index (χ3v) is 5.03. The largest absolute Gasteiger partial charge is 0.497 e. The fourth-order valence-electron chi connectivity index (χ4n) is 3.46. The smallest absolute Gasteiger partial charge is 0.191 e. The Hall–Kier alpha value is -2.54. The normalized spacial score (nSPS) is 16.3. The minimum Gasteiger partial charge on any atom is -0.497 e. The second kappa shape index (κ2) is 11.6. The molecule has 1 atom stereocenters. The molecular weight excluding hydrogens is 496 g/mol. The van der Waals surface area contributed by atoms with Gasteiger partial charge in [-0.3, -0.25) is 4.99 Å². The van der Waals surface area contributed by atoms with E-state index in [0.29, 0.717) is 23.6 Å². The zero-order valence-corrected chi connectivity index (χ0v) is 19.5. The quantitative estimate of drug-likeness (QED) is 0.356. The summed E-state index contributed by atoms with van der Waals surface area (Å²) in [7, 11) is 3.37. The number of nitriles is 1. The molecule has 0 saturated carbocycles. The van der Waals surface area contributed by atoms with Gasteiger partial charge in [0, 0.05) is 50.0 Å². The first-order chi connectivity index (χ1) is 14.1. The number of nitrogens with zero attached hydrogens (tertiary/aromatic N) is 3. The summed E-state index contributed by atoms with van der Waals surface area (Å²) in [5.74, 6) is 1.08. The zero-order valence-electron chi connectivity index (χ0n) is 17.2. The van der Waals surface area contributed by atoms with Crippen LogP contribution in [-0.4, -0.2) is 39.2 Å². The molecule has 0 spiro atoms. The van der Waals surface area contributed by atoms with E-state index in [1.807, 2.05) is 24.3 Å². The van der Waals surface area contributed by atoms with Gasteiger partial charge in [-0.25, -0.2) is 4.39 Å². The zero-order chi connectivity index (χ0) is 20.6. The number of nitrogens with one attached hydrogen (secondary N) is 2. The Bertz CT molecular complexity index is 915. The Balaban J connectivity index is 0.00000320. The maximum Gasteiger partial charge on any atom is 0.191 e. The summed E-state index contributed by atoms with van der Waals surface area (Å²) in [6, 6.07) is 14.7. The first-order valence-electron chi connectivity index (χ1n) is 9.67. The summed E-state index contributed by atoms with van der Waals surface area (Å²) in [5.41, 5.74) is 1.95. The van der Waals surface area contributed by atoms with Crippen LogP contribution >= 0.6 is 24.0 Å². The number of halogens is 2. The number of rotatable bonds is 5. The highest BCUT2D eigenvalue weighted by Gasteiger charge is 2.21. The summed E-state index contributed by atoms with van der Waals surface area (Å²) < 4.78 is 19.4. The van der Waals surface area contributed by atoms with Crippen LogP contribution in [0.3, 0.4) is 0 Å². The van der Waals surface area contributed by atoms with Gasteiger partial charge in [0.05, 0.1) is 18.7 Å². The van der Waals surface area contributed by atoms with Gasteiger partial charge in [0.15, 0.2) is 5.96 Å². The first-order valence-corrected chi connectivity index (χ1v) is 9.67. The van der Waals surface area contributed by atoms with E-state index in [9.17, 15) is 4.39 Å². The highest BCUT2D eigenvalue weighted by molar-refractivity contribution is 14.0. The fourth-order valence-corrected chi connectivity index (χ4v) is 3.46. The van der Waals surface area contributed by atoms with Crippen molar-refractivity contribution in [3.63, 3.8) is 0 Å². The minimum absolute atomic E-state index is 0. The Labute approximate surface area is 194 Å². The van der Waals surface area contributed by atoms with Crippen LogP contribution in [0.4, 0.5) is 10.1 Å². The molecule has 1 aliphatic heterocycles. The van der Waals surface area contributed by atoms with E-state index >= 15 is 0 Å². The molecule has 160 valence electrons.